The molecule has 0 saturated heterocycles. The fraction of sp³-hybridized carbons (Fsp3) is 0.444. The first kappa shape index (κ1) is 24.8. The van der Waals surface area contributed by atoms with E-state index in [9.17, 15) is 4.79 Å². The quantitative estimate of drug-likeness (QED) is 0.263. The molecule has 4 nitrogen and oxygen atoms in total. The van der Waals surface area contributed by atoms with Crippen LogP contribution in [-0.2, 0) is 27.1 Å². The molecule has 0 bridgehead atoms. The predicted molar refractivity (Wildman–Crippen MR) is 126 cm³/mol. The van der Waals surface area contributed by atoms with Crippen LogP contribution in [0.15, 0.2) is 54.6 Å². The molecule has 0 aromatic heterocycles. The maximum absolute atomic E-state index is 11.9. The summed E-state index contributed by atoms with van der Waals surface area (Å²) in [6, 6.07) is 15.3. The highest BCUT2D eigenvalue weighted by atomic mass is 16.5. The first-order valence-electron chi connectivity index (χ1n) is 11.2. The van der Waals surface area contributed by atoms with Crippen LogP contribution in [-0.4, -0.2) is 38.0 Å². The highest BCUT2D eigenvalue weighted by Crippen LogP contribution is 2.29. The van der Waals surface area contributed by atoms with Crippen LogP contribution in [0.4, 0.5) is 0 Å². The summed E-state index contributed by atoms with van der Waals surface area (Å²) in [6.07, 6.45) is 5.79. The van der Waals surface area contributed by atoms with Gasteiger partial charge in [-0.3, -0.25) is 0 Å². The number of carbonyl (C=O) groups is 1. The van der Waals surface area contributed by atoms with E-state index in [2.05, 4.69) is 62.9 Å². The smallest absolute Gasteiger partial charge is 0.335 e. The normalized spacial score (nSPS) is 11.9. The number of rotatable bonds is 13. The molecule has 0 saturated carbocycles. The molecule has 2 aromatic rings. The highest BCUT2D eigenvalue weighted by Gasteiger charge is 2.17. The van der Waals surface area contributed by atoms with Crippen LogP contribution in [0.2, 0.25) is 0 Å². The van der Waals surface area contributed by atoms with Crippen molar-refractivity contribution in [3.63, 3.8) is 0 Å². The molecule has 0 heterocycles. The molecule has 0 aliphatic heterocycles. The third-order valence-corrected chi connectivity index (χ3v) is 5.58. The maximum Gasteiger partial charge on any atom is 0.335 e. The molecular formula is C27H36O4. The summed E-state index contributed by atoms with van der Waals surface area (Å²) in [4.78, 5) is 11.9. The van der Waals surface area contributed by atoms with E-state index in [1.165, 1.54) is 41.5 Å². The number of aliphatic hydroxyl groups excluding tert-OH is 1. The number of aryl methyl sites for hydroxylation is 2. The Morgan fingerprint density at radius 1 is 1.06 bits per heavy atom. The molecular weight excluding hydrogens is 388 g/mol. The molecule has 2 aromatic carbocycles. The zero-order valence-electron chi connectivity index (χ0n) is 19.2. The number of carbonyl (C=O) groups excluding carboxylic acids is 1. The lowest BCUT2D eigenvalue weighted by atomic mass is 9.91. The molecule has 4 heteroatoms. The van der Waals surface area contributed by atoms with Crippen molar-refractivity contribution >= 4 is 5.97 Å². The van der Waals surface area contributed by atoms with E-state index in [-0.39, 0.29) is 18.1 Å². The Morgan fingerprint density at radius 3 is 2.42 bits per heavy atom. The van der Waals surface area contributed by atoms with Gasteiger partial charge in [0.15, 0.2) is 0 Å². The summed E-state index contributed by atoms with van der Waals surface area (Å²) in [7, 11) is 1.64. The number of aliphatic hydroxyl groups is 1. The number of hydrogen-bond donors (Lipinski definition) is 1. The van der Waals surface area contributed by atoms with Crippen molar-refractivity contribution < 1.29 is 19.4 Å². The minimum atomic E-state index is -0.574. The third kappa shape index (κ3) is 7.34. The molecule has 2 rings (SSSR count). The molecule has 31 heavy (non-hydrogen) atoms. The summed E-state index contributed by atoms with van der Waals surface area (Å²) in [5.74, 6) is -0.657. The molecule has 1 N–H and O–H groups in total. The lowest BCUT2D eigenvalue weighted by molar-refractivity contribution is -0.140. The van der Waals surface area contributed by atoms with E-state index in [0.717, 1.165) is 18.4 Å². The average Bonchev–Trinajstić information content (AvgIpc) is 2.81. The highest BCUT2D eigenvalue weighted by molar-refractivity contribution is 5.87. The van der Waals surface area contributed by atoms with E-state index < -0.39 is 12.6 Å². The molecule has 1 unspecified atom stereocenters. The largest absolute Gasteiger partial charge is 0.462 e. The first-order valence-corrected chi connectivity index (χ1v) is 11.2. The summed E-state index contributed by atoms with van der Waals surface area (Å²) < 4.78 is 10.7. The Balaban J connectivity index is 2.18. The van der Waals surface area contributed by atoms with E-state index in [0.29, 0.717) is 6.61 Å². The Hall–Kier alpha value is -2.43. The number of hydrogen-bond acceptors (Lipinski definition) is 4. The van der Waals surface area contributed by atoms with Gasteiger partial charge in [0.1, 0.15) is 6.61 Å². The van der Waals surface area contributed by atoms with Crippen LogP contribution >= 0.6 is 0 Å². The van der Waals surface area contributed by atoms with Crippen molar-refractivity contribution in [1.29, 1.82) is 0 Å². The van der Waals surface area contributed by atoms with Gasteiger partial charge in [-0.15, -0.1) is 0 Å². The van der Waals surface area contributed by atoms with Crippen LogP contribution in [0.3, 0.4) is 0 Å². The van der Waals surface area contributed by atoms with Crippen LogP contribution < -0.4 is 0 Å². The van der Waals surface area contributed by atoms with Gasteiger partial charge in [0, 0.05) is 13.0 Å². The first-order chi connectivity index (χ1) is 15.0. The Morgan fingerprint density at radius 2 is 1.81 bits per heavy atom. The minimum absolute atomic E-state index is 0.0545. The van der Waals surface area contributed by atoms with E-state index in [1.807, 2.05) is 0 Å². The molecule has 0 aliphatic carbocycles. The second-order valence-corrected chi connectivity index (χ2v) is 7.94. The molecule has 1 atom stereocenters. The van der Waals surface area contributed by atoms with Crippen molar-refractivity contribution in [3.8, 4) is 11.1 Å². The summed E-state index contributed by atoms with van der Waals surface area (Å²) in [5, 5.41) is 9.04. The van der Waals surface area contributed by atoms with Gasteiger partial charge in [0.2, 0.25) is 0 Å². The summed E-state index contributed by atoms with van der Waals surface area (Å²) in [6.45, 7) is 8.11. The number of methoxy groups -OCH3 is 1. The van der Waals surface area contributed by atoms with E-state index in [4.69, 9.17) is 14.6 Å². The standard InChI is InChI=1S/C27H36O4/c1-5-7-8-9-21-10-12-23(13-11-21)26-15-14-24(16-22(26)6-2)25(18-30-4)19-31-27(29)20(3)17-28/h10-16,25,28H,3,5-9,17-19H2,1-2,4H3. The molecule has 0 amide bonds. The molecule has 0 radical (unpaired) electrons. The van der Waals surface area contributed by atoms with Gasteiger partial charge in [0.05, 0.1) is 18.8 Å². The molecule has 0 spiro atoms. The lowest BCUT2D eigenvalue weighted by Gasteiger charge is -2.19. The molecule has 0 aliphatic rings. The zero-order valence-corrected chi connectivity index (χ0v) is 19.2. The number of esters is 1. The number of ether oxygens (including phenoxy) is 2. The predicted octanol–water partition coefficient (Wildman–Crippen LogP) is 5.47. The third-order valence-electron chi connectivity index (χ3n) is 5.58. The van der Waals surface area contributed by atoms with Crippen molar-refractivity contribution in [1.82, 2.24) is 0 Å². The van der Waals surface area contributed by atoms with Gasteiger partial charge in [0.25, 0.3) is 0 Å². The molecule has 168 valence electrons. The van der Waals surface area contributed by atoms with Gasteiger partial charge in [-0.25, -0.2) is 4.79 Å². The number of unbranched alkanes of at least 4 members (excludes halogenated alkanes) is 2. The monoisotopic (exact) mass is 424 g/mol. The van der Waals surface area contributed by atoms with Crippen molar-refractivity contribution in [3.05, 3.63) is 71.3 Å². The van der Waals surface area contributed by atoms with Gasteiger partial charge in [-0.05, 0) is 47.1 Å². The van der Waals surface area contributed by atoms with E-state index >= 15 is 0 Å². The molecule has 0 fully saturated rings. The number of benzene rings is 2. The van der Waals surface area contributed by atoms with Crippen LogP contribution in [0.1, 0.15) is 55.7 Å². The summed E-state index contributed by atoms with van der Waals surface area (Å²) in [5.41, 5.74) is 6.21. The Kier molecular flexibility index (Phi) is 10.5. The Bertz CT molecular complexity index is 839. The summed E-state index contributed by atoms with van der Waals surface area (Å²) >= 11 is 0. The van der Waals surface area contributed by atoms with Gasteiger partial charge >= 0.3 is 5.97 Å². The van der Waals surface area contributed by atoms with E-state index in [1.54, 1.807) is 7.11 Å². The van der Waals surface area contributed by atoms with Crippen LogP contribution in [0, 0.1) is 0 Å². The fourth-order valence-corrected chi connectivity index (χ4v) is 3.66. The van der Waals surface area contributed by atoms with Gasteiger partial charge in [-0.2, -0.15) is 0 Å². The Labute approximate surface area is 186 Å². The lowest BCUT2D eigenvalue weighted by Crippen LogP contribution is -2.18. The van der Waals surface area contributed by atoms with Crippen molar-refractivity contribution in [2.45, 2.75) is 51.9 Å². The topological polar surface area (TPSA) is 55.8 Å². The second-order valence-electron chi connectivity index (χ2n) is 7.94. The SMILES string of the molecule is C=C(CO)C(=O)OCC(COC)c1ccc(-c2ccc(CCCCC)cc2)c(CC)c1. The second kappa shape index (κ2) is 13.1. The maximum atomic E-state index is 11.9. The van der Waals surface area contributed by atoms with Gasteiger partial charge in [-0.1, -0.05) is 75.7 Å². The zero-order chi connectivity index (χ0) is 22.6. The van der Waals surface area contributed by atoms with Crippen molar-refractivity contribution in [2.24, 2.45) is 0 Å². The van der Waals surface area contributed by atoms with Crippen LogP contribution in [0.25, 0.3) is 11.1 Å². The van der Waals surface area contributed by atoms with Crippen LogP contribution in [0.5, 0.6) is 0 Å². The van der Waals surface area contributed by atoms with Crippen molar-refractivity contribution in [2.75, 3.05) is 26.9 Å². The van der Waals surface area contributed by atoms with Gasteiger partial charge < -0.3 is 14.6 Å². The minimum Gasteiger partial charge on any atom is -0.462 e. The fourth-order valence-electron chi connectivity index (χ4n) is 3.66. The average molecular weight is 425 g/mol.